The molecule has 0 unspecified atom stereocenters. The molecule has 1 fully saturated rings. The van der Waals surface area contributed by atoms with Crippen LogP contribution in [0, 0.1) is 25.6 Å². The summed E-state index contributed by atoms with van der Waals surface area (Å²) >= 11 is 1.50. The molecule has 1 N–H and O–H groups in total. The fourth-order valence-electron chi connectivity index (χ4n) is 3.62. The van der Waals surface area contributed by atoms with Gasteiger partial charge in [0.05, 0.1) is 18.0 Å². The molecule has 3 rings (SSSR count). The topological polar surface area (TPSA) is 70.5 Å². The van der Waals surface area contributed by atoms with Crippen LogP contribution in [0.4, 0.5) is 10.1 Å². The van der Waals surface area contributed by atoms with Crippen LogP contribution in [0.5, 0.6) is 0 Å². The SMILES string of the molecule is Cc1nc(SCC(=O)N2CCN(CC(=O)Nc3ccc(F)cc3)CC2)n(CC(C)C)c1C. The first-order chi connectivity index (χ1) is 15.2. The number of halogens is 1. The second kappa shape index (κ2) is 11.0. The van der Waals surface area contributed by atoms with Crippen molar-refractivity contribution in [3.05, 3.63) is 41.5 Å². The van der Waals surface area contributed by atoms with Crippen LogP contribution in [0.3, 0.4) is 0 Å². The lowest BCUT2D eigenvalue weighted by molar-refractivity contribution is -0.130. The van der Waals surface area contributed by atoms with Crippen LogP contribution < -0.4 is 5.32 Å². The van der Waals surface area contributed by atoms with Crippen molar-refractivity contribution in [1.82, 2.24) is 19.4 Å². The van der Waals surface area contributed by atoms with E-state index in [0.717, 1.165) is 23.1 Å². The third-order valence-corrected chi connectivity index (χ3v) is 6.48. The minimum absolute atomic E-state index is 0.0971. The predicted octanol–water partition coefficient (Wildman–Crippen LogP) is 3.17. The number of rotatable bonds is 8. The van der Waals surface area contributed by atoms with Crippen LogP contribution in [0.2, 0.25) is 0 Å². The van der Waals surface area contributed by atoms with E-state index in [1.54, 1.807) is 0 Å². The van der Waals surface area contributed by atoms with E-state index in [1.807, 2.05) is 16.7 Å². The van der Waals surface area contributed by atoms with Crippen LogP contribution >= 0.6 is 11.8 Å². The van der Waals surface area contributed by atoms with E-state index in [2.05, 4.69) is 35.6 Å². The van der Waals surface area contributed by atoms with Crippen LogP contribution in [-0.2, 0) is 16.1 Å². The fraction of sp³-hybridized carbons (Fsp3) is 0.522. The van der Waals surface area contributed by atoms with Gasteiger partial charge in [0.2, 0.25) is 11.8 Å². The molecule has 1 saturated heterocycles. The van der Waals surface area contributed by atoms with E-state index in [-0.39, 0.29) is 24.2 Å². The minimum Gasteiger partial charge on any atom is -0.339 e. The van der Waals surface area contributed by atoms with Crippen LogP contribution in [0.1, 0.15) is 25.2 Å². The number of benzene rings is 1. The molecule has 1 aliphatic heterocycles. The average molecular weight is 462 g/mol. The van der Waals surface area contributed by atoms with Crippen LogP contribution in [0.25, 0.3) is 0 Å². The summed E-state index contributed by atoms with van der Waals surface area (Å²) in [5, 5.41) is 3.67. The van der Waals surface area contributed by atoms with Crippen molar-refractivity contribution >= 4 is 29.3 Å². The molecular weight excluding hydrogens is 429 g/mol. The van der Waals surface area contributed by atoms with Crippen molar-refractivity contribution in [2.75, 3.05) is 43.8 Å². The number of imidazole rings is 1. The van der Waals surface area contributed by atoms with Gasteiger partial charge in [-0.25, -0.2) is 9.37 Å². The lowest BCUT2D eigenvalue weighted by atomic mass is 10.2. The Morgan fingerprint density at radius 2 is 1.78 bits per heavy atom. The van der Waals surface area contributed by atoms with Gasteiger partial charge in [-0.15, -0.1) is 0 Å². The zero-order valence-electron chi connectivity index (χ0n) is 19.2. The number of carbonyl (C=O) groups excluding carboxylic acids is 2. The van der Waals surface area contributed by atoms with Gasteiger partial charge < -0.3 is 14.8 Å². The van der Waals surface area contributed by atoms with Gasteiger partial charge in [-0.2, -0.15) is 0 Å². The Morgan fingerprint density at radius 3 is 2.41 bits per heavy atom. The maximum Gasteiger partial charge on any atom is 0.238 e. The molecule has 1 aliphatic rings. The molecule has 0 radical (unpaired) electrons. The molecule has 7 nitrogen and oxygen atoms in total. The molecule has 0 saturated carbocycles. The van der Waals surface area contributed by atoms with Gasteiger partial charge >= 0.3 is 0 Å². The number of carbonyl (C=O) groups is 2. The molecule has 1 aromatic carbocycles. The van der Waals surface area contributed by atoms with E-state index in [9.17, 15) is 14.0 Å². The summed E-state index contributed by atoms with van der Waals surface area (Å²) in [6, 6.07) is 5.71. The highest BCUT2D eigenvalue weighted by atomic mass is 32.2. The summed E-state index contributed by atoms with van der Waals surface area (Å²) < 4.78 is 15.2. The predicted molar refractivity (Wildman–Crippen MR) is 125 cm³/mol. The van der Waals surface area contributed by atoms with E-state index in [1.165, 1.54) is 36.0 Å². The largest absolute Gasteiger partial charge is 0.339 e. The molecule has 32 heavy (non-hydrogen) atoms. The highest BCUT2D eigenvalue weighted by molar-refractivity contribution is 7.99. The first-order valence-corrected chi connectivity index (χ1v) is 11.9. The Morgan fingerprint density at radius 1 is 1.12 bits per heavy atom. The highest BCUT2D eigenvalue weighted by Crippen LogP contribution is 2.23. The molecule has 174 valence electrons. The molecule has 0 atom stereocenters. The van der Waals surface area contributed by atoms with Crippen LogP contribution in [-0.4, -0.2) is 69.6 Å². The summed E-state index contributed by atoms with van der Waals surface area (Å²) in [6.45, 7) is 12.1. The first-order valence-electron chi connectivity index (χ1n) is 10.9. The normalized spacial score (nSPS) is 14.8. The second-order valence-electron chi connectivity index (χ2n) is 8.57. The number of aryl methyl sites for hydroxylation is 1. The van der Waals surface area contributed by atoms with Crippen molar-refractivity contribution in [2.24, 2.45) is 5.92 Å². The number of aromatic nitrogens is 2. The summed E-state index contributed by atoms with van der Waals surface area (Å²) in [6.07, 6.45) is 0. The zero-order chi connectivity index (χ0) is 23.3. The Balaban J connectivity index is 1.44. The second-order valence-corrected chi connectivity index (χ2v) is 9.51. The number of amides is 2. The monoisotopic (exact) mass is 461 g/mol. The van der Waals surface area contributed by atoms with E-state index < -0.39 is 0 Å². The zero-order valence-corrected chi connectivity index (χ0v) is 20.0. The molecular formula is C23H32FN5O2S. The van der Waals surface area contributed by atoms with Gasteiger partial charge in [0, 0.05) is 44.1 Å². The lowest BCUT2D eigenvalue weighted by Crippen LogP contribution is -2.50. The average Bonchev–Trinajstić information content (AvgIpc) is 3.01. The molecule has 0 spiro atoms. The molecule has 9 heteroatoms. The van der Waals surface area contributed by atoms with E-state index in [0.29, 0.717) is 43.5 Å². The maximum atomic E-state index is 13.0. The smallest absolute Gasteiger partial charge is 0.238 e. The highest BCUT2D eigenvalue weighted by Gasteiger charge is 2.23. The van der Waals surface area contributed by atoms with Crippen molar-refractivity contribution in [1.29, 1.82) is 0 Å². The maximum absolute atomic E-state index is 13.0. The first kappa shape index (κ1) is 24.3. The van der Waals surface area contributed by atoms with Crippen molar-refractivity contribution in [3.8, 4) is 0 Å². The quantitative estimate of drug-likeness (QED) is 0.612. The van der Waals surface area contributed by atoms with Gasteiger partial charge in [-0.3, -0.25) is 14.5 Å². The third kappa shape index (κ3) is 6.56. The molecule has 2 aromatic rings. The molecule has 1 aromatic heterocycles. The van der Waals surface area contributed by atoms with Crippen molar-refractivity contribution in [3.63, 3.8) is 0 Å². The summed E-state index contributed by atoms with van der Waals surface area (Å²) in [5.74, 6) is 0.482. The van der Waals surface area contributed by atoms with Crippen molar-refractivity contribution < 1.29 is 14.0 Å². The van der Waals surface area contributed by atoms with Gasteiger partial charge in [0.15, 0.2) is 5.16 Å². The number of nitrogens with one attached hydrogen (secondary N) is 1. The number of hydrogen-bond acceptors (Lipinski definition) is 5. The van der Waals surface area contributed by atoms with E-state index >= 15 is 0 Å². The van der Waals surface area contributed by atoms with Gasteiger partial charge in [0.25, 0.3) is 0 Å². The number of nitrogens with zero attached hydrogens (tertiary/aromatic N) is 4. The number of piperazine rings is 1. The molecule has 0 aliphatic carbocycles. The number of thioether (sulfide) groups is 1. The molecule has 2 heterocycles. The standard InChI is InChI=1S/C23H32FN5O2S/c1-16(2)13-29-18(4)17(3)25-23(29)32-15-22(31)28-11-9-27(10-12-28)14-21(30)26-20-7-5-19(24)6-8-20/h5-8,16H,9-15H2,1-4H3,(H,26,30). The van der Waals surface area contributed by atoms with Gasteiger partial charge in [0.1, 0.15) is 5.82 Å². The van der Waals surface area contributed by atoms with E-state index in [4.69, 9.17) is 0 Å². The summed E-state index contributed by atoms with van der Waals surface area (Å²) in [7, 11) is 0. The van der Waals surface area contributed by atoms with Gasteiger partial charge in [-0.05, 0) is 44.0 Å². The summed E-state index contributed by atoms with van der Waals surface area (Å²) in [4.78, 5) is 33.5. The Bertz CT molecular complexity index is 937. The van der Waals surface area contributed by atoms with Crippen LogP contribution in [0.15, 0.2) is 29.4 Å². The van der Waals surface area contributed by atoms with Gasteiger partial charge in [-0.1, -0.05) is 25.6 Å². The van der Waals surface area contributed by atoms with Crippen molar-refractivity contribution in [2.45, 2.75) is 39.4 Å². The molecule has 2 amide bonds. The number of hydrogen-bond donors (Lipinski definition) is 1. The Kier molecular flexibility index (Phi) is 8.31. The summed E-state index contributed by atoms with van der Waals surface area (Å²) in [5.41, 5.74) is 2.73. The Labute approximate surface area is 193 Å². The lowest BCUT2D eigenvalue weighted by Gasteiger charge is -2.34. The molecule has 0 bridgehead atoms. The fourth-order valence-corrected chi connectivity index (χ4v) is 4.63. The number of anilines is 1. The third-order valence-electron chi connectivity index (χ3n) is 5.52. The minimum atomic E-state index is -0.337. The Hall–Kier alpha value is -2.39.